The SMILES string of the molecule is c1ccc2c(c1)[nH]c1cnc3c4cccnc4[nH]c3c12. The molecule has 0 saturated carbocycles. The van der Waals surface area contributed by atoms with Crippen molar-refractivity contribution < 1.29 is 0 Å². The first-order valence-electron chi connectivity index (χ1n) is 6.53. The highest BCUT2D eigenvalue weighted by molar-refractivity contribution is 6.22. The largest absolute Gasteiger partial charge is 0.353 e. The molecule has 0 atom stereocenters. The van der Waals surface area contributed by atoms with Crippen LogP contribution in [0.15, 0.2) is 48.8 Å². The number of para-hydroxylation sites is 1. The number of rotatable bonds is 0. The van der Waals surface area contributed by atoms with E-state index in [0.717, 1.165) is 33.1 Å². The number of aromatic nitrogens is 4. The molecule has 5 aromatic rings. The highest BCUT2D eigenvalue weighted by atomic mass is 14.9. The summed E-state index contributed by atoms with van der Waals surface area (Å²) in [6.45, 7) is 0. The molecule has 0 saturated heterocycles. The number of H-pyrrole nitrogens is 2. The molecule has 2 N–H and O–H groups in total. The number of pyridine rings is 2. The molecule has 0 aliphatic heterocycles. The van der Waals surface area contributed by atoms with E-state index in [1.54, 1.807) is 6.20 Å². The van der Waals surface area contributed by atoms with Crippen LogP contribution in [0, 0.1) is 0 Å². The minimum Gasteiger partial charge on any atom is -0.353 e. The molecule has 4 aromatic heterocycles. The molecule has 20 heavy (non-hydrogen) atoms. The lowest BCUT2D eigenvalue weighted by Crippen LogP contribution is -1.76. The highest BCUT2D eigenvalue weighted by Crippen LogP contribution is 2.33. The van der Waals surface area contributed by atoms with Crippen LogP contribution < -0.4 is 0 Å². The van der Waals surface area contributed by atoms with E-state index >= 15 is 0 Å². The highest BCUT2D eigenvalue weighted by Gasteiger charge is 2.13. The van der Waals surface area contributed by atoms with Gasteiger partial charge in [-0.3, -0.25) is 4.98 Å². The lowest BCUT2D eigenvalue weighted by molar-refractivity contribution is 1.35. The average molecular weight is 258 g/mol. The molecule has 5 rings (SSSR count). The van der Waals surface area contributed by atoms with Crippen molar-refractivity contribution in [3.8, 4) is 0 Å². The molecule has 0 radical (unpaired) electrons. The van der Waals surface area contributed by atoms with E-state index < -0.39 is 0 Å². The Morgan fingerprint density at radius 2 is 1.70 bits per heavy atom. The van der Waals surface area contributed by atoms with Gasteiger partial charge in [0.05, 0.1) is 22.7 Å². The third-order valence-corrected chi connectivity index (χ3v) is 3.85. The van der Waals surface area contributed by atoms with Gasteiger partial charge in [-0.25, -0.2) is 4.98 Å². The van der Waals surface area contributed by atoms with Gasteiger partial charge in [0.2, 0.25) is 0 Å². The smallest absolute Gasteiger partial charge is 0.139 e. The van der Waals surface area contributed by atoms with Gasteiger partial charge in [-0.1, -0.05) is 18.2 Å². The maximum atomic E-state index is 4.59. The van der Waals surface area contributed by atoms with Gasteiger partial charge < -0.3 is 9.97 Å². The number of nitrogens with zero attached hydrogens (tertiary/aromatic N) is 2. The molecule has 94 valence electrons. The van der Waals surface area contributed by atoms with E-state index in [0.29, 0.717) is 0 Å². The molecule has 0 aliphatic rings. The van der Waals surface area contributed by atoms with Crippen LogP contribution in [0.25, 0.3) is 43.9 Å². The lowest BCUT2D eigenvalue weighted by Gasteiger charge is -1.93. The molecule has 4 nitrogen and oxygen atoms in total. The molecular formula is C16H10N4. The molecular weight excluding hydrogens is 248 g/mol. The van der Waals surface area contributed by atoms with Crippen molar-refractivity contribution in [2.24, 2.45) is 0 Å². The van der Waals surface area contributed by atoms with Crippen LogP contribution in [0.3, 0.4) is 0 Å². The zero-order valence-electron chi connectivity index (χ0n) is 10.5. The van der Waals surface area contributed by atoms with Gasteiger partial charge in [-0.15, -0.1) is 0 Å². The quantitative estimate of drug-likeness (QED) is 0.444. The molecule has 1 aromatic carbocycles. The standard InChI is InChI=1S/C16H10N4/c1-2-6-11-9(4-1)13-12(19-11)8-18-14-10-5-3-7-17-16(10)20-15(13)14/h1-8,19H,(H,17,20). The molecule has 4 heteroatoms. The van der Waals surface area contributed by atoms with Gasteiger partial charge in [0.25, 0.3) is 0 Å². The number of hydrogen-bond acceptors (Lipinski definition) is 2. The summed E-state index contributed by atoms with van der Waals surface area (Å²) in [7, 11) is 0. The van der Waals surface area contributed by atoms with Crippen molar-refractivity contribution in [2.45, 2.75) is 0 Å². The van der Waals surface area contributed by atoms with E-state index in [1.807, 2.05) is 18.3 Å². The molecule has 0 amide bonds. The summed E-state index contributed by atoms with van der Waals surface area (Å²) in [6.07, 6.45) is 3.70. The Labute approximate surface area is 113 Å². The van der Waals surface area contributed by atoms with Crippen molar-refractivity contribution in [3.05, 3.63) is 48.8 Å². The van der Waals surface area contributed by atoms with Crippen LogP contribution in [0.2, 0.25) is 0 Å². The summed E-state index contributed by atoms with van der Waals surface area (Å²) in [5.74, 6) is 0. The molecule has 0 fully saturated rings. The first-order chi connectivity index (χ1) is 9.92. The van der Waals surface area contributed by atoms with Gasteiger partial charge in [-0.2, -0.15) is 0 Å². The Balaban J connectivity index is 2.14. The first-order valence-corrected chi connectivity index (χ1v) is 6.53. The van der Waals surface area contributed by atoms with Crippen molar-refractivity contribution in [1.29, 1.82) is 0 Å². The second-order valence-corrected chi connectivity index (χ2v) is 4.97. The molecule has 4 heterocycles. The Kier molecular flexibility index (Phi) is 1.68. The Morgan fingerprint density at radius 3 is 2.70 bits per heavy atom. The predicted molar refractivity (Wildman–Crippen MR) is 80.8 cm³/mol. The van der Waals surface area contributed by atoms with Crippen molar-refractivity contribution >= 4 is 43.9 Å². The number of fused-ring (bicyclic) bond motifs is 7. The third kappa shape index (κ3) is 1.11. The zero-order chi connectivity index (χ0) is 13.1. The Bertz CT molecular complexity index is 1100. The zero-order valence-corrected chi connectivity index (χ0v) is 10.5. The van der Waals surface area contributed by atoms with Crippen LogP contribution in [-0.2, 0) is 0 Å². The third-order valence-electron chi connectivity index (χ3n) is 3.85. The van der Waals surface area contributed by atoms with Gasteiger partial charge in [0, 0.05) is 27.9 Å². The Hall–Kier alpha value is -2.88. The first kappa shape index (κ1) is 9.97. The molecule has 0 spiro atoms. The van der Waals surface area contributed by atoms with Crippen LogP contribution >= 0.6 is 0 Å². The van der Waals surface area contributed by atoms with E-state index in [9.17, 15) is 0 Å². The summed E-state index contributed by atoms with van der Waals surface area (Å²) >= 11 is 0. The summed E-state index contributed by atoms with van der Waals surface area (Å²) in [4.78, 5) is 15.8. The minimum absolute atomic E-state index is 0.882. The number of aromatic amines is 2. The van der Waals surface area contributed by atoms with Crippen LogP contribution in [-0.4, -0.2) is 19.9 Å². The summed E-state index contributed by atoms with van der Waals surface area (Å²) < 4.78 is 0. The lowest BCUT2D eigenvalue weighted by atomic mass is 10.1. The summed E-state index contributed by atoms with van der Waals surface area (Å²) in [5.41, 5.74) is 5.08. The maximum absolute atomic E-state index is 4.59. The summed E-state index contributed by atoms with van der Waals surface area (Å²) in [5, 5.41) is 3.46. The topological polar surface area (TPSA) is 57.4 Å². The van der Waals surface area contributed by atoms with Crippen molar-refractivity contribution in [2.75, 3.05) is 0 Å². The van der Waals surface area contributed by atoms with E-state index in [-0.39, 0.29) is 0 Å². The maximum Gasteiger partial charge on any atom is 0.139 e. The van der Waals surface area contributed by atoms with Gasteiger partial charge in [-0.05, 0) is 18.2 Å². The summed E-state index contributed by atoms with van der Waals surface area (Å²) in [6, 6.07) is 12.3. The number of nitrogens with one attached hydrogen (secondary N) is 2. The van der Waals surface area contributed by atoms with Crippen molar-refractivity contribution in [1.82, 2.24) is 19.9 Å². The monoisotopic (exact) mass is 258 g/mol. The number of benzene rings is 1. The molecule has 0 bridgehead atoms. The predicted octanol–water partition coefficient (Wildman–Crippen LogP) is 3.75. The van der Waals surface area contributed by atoms with Gasteiger partial charge in [0.1, 0.15) is 5.65 Å². The normalized spacial score (nSPS) is 12.0. The van der Waals surface area contributed by atoms with Crippen molar-refractivity contribution in [3.63, 3.8) is 0 Å². The number of hydrogen-bond donors (Lipinski definition) is 2. The van der Waals surface area contributed by atoms with E-state index in [4.69, 9.17) is 0 Å². The molecule has 0 unspecified atom stereocenters. The van der Waals surface area contributed by atoms with Crippen LogP contribution in [0.1, 0.15) is 0 Å². The molecule has 0 aliphatic carbocycles. The fourth-order valence-corrected chi connectivity index (χ4v) is 2.98. The second kappa shape index (κ2) is 3.36. The van der Waals surface area contributed by atoms with E-state index in [2.05, 4.69) is 44.2 Å². The fraction of sp³-hybridized carbons (Fsp3) is 0. The van der Waals surface area contributed by atoms with Gasteiger partial charge >= 0.3 is 0 Å². The minimum atomic E-state index is 0.882. The fourth-order valence-electron chi connectivity index (χ4n) is 2.98. The van der Waals surface area contributed by atoms with Crippen LogP contribution in [0.5, 0.6) is 0 Å². The Morgan fingerprint density at radius 1 is 0.800 bits per heavy atom. The van der Waals surface area contributed by atoms with Gasteiger partial charge in [0.15, 0.2) is 0 Å². The van der Waals surface area contributed by atoms with E-state index in [1.165, 1.54) is 10.8 Å². The second-order valence-electron chi connectivity index (χ2n) is 4.97. The average Bonchev–Trinajstić information content (AvgIpc) is 3.04. The van der Waals surface area contributed by atoms with Crippen LogP contribution in [0.4, 0.5) is 0 Å².